The van der Waals surface area contributed by atoms with Gasteiger partial charge < -0.3 is 19.7 Å². The molecule has 0 atom stereocenters. The van der Waals surface area contributed by atoms with Crippen molar-refractivity contribution in [2.45, 2.75) is 64.3 Å². The van der Waals surface area contributed by atoms with Crippen molar-refractivity contribution >= 4 is 27.8 Å². The molecule has 34 heavy (non-hydrogen) atoms. The number of aryl methyl sites for hydroxylation is 2. The Bertz CT molecular complexity index is 1260. The van der Waals surface area contributed by atoms with Crippen LogP contribution in [0.2, 0.25) is 0 Å². The van der Waals surface area contributed by atoms with Crippen LogP contribution in [-0.4, -0.2) is 38.9 Å². The van der Waals surface area contributed by atoms with Gasteiger partial charge in [0.25, 0.3) is 0 Å². The first-order valence-electron chi connectivity index (χ1n) is 11.6. The third-order valence-corrected chi connectivity index (χ3v) is 8.24. The summed E-state index contributed by atoms with van der Waals surface area (Å²) < 4.78 is 42.1. The number of hydrogen-bond acceptors (Lipinski definition) is 7. The molecule has 0 radical (unpaired) electrons. The molecular weight excluding hydrogens is 458 g/mol. The van der Waals surface area contributed by atoms with E-state index in [1.807, 2.05) is 6.07 Å². The number of amidine groups is 1. The smallest absolute Gasteiger partial charge is 0.348 e. The van der Waals surface area contributed by atoms with Gasteiger partial charge >= 0.3 is 10.2 Å². The van der Waals surface area contributed by atoms with E-state index in [1.54, 1.807) is 6.92 Å². The molecule has 0 saturated carbocycles. The molecule has 11 heteroatoms. The monoisotopic (exact) mass is 484 g/mol. The Morgan fingerprint density at radius 2 is 1.85 bits per heavy atom. The van der Waals surface area contributed by atoms with Gasteiger partial charge in [0.05, 0.1) is 17.6 Å². The van der Waals surface area contributed by atoms with Crippen LogP contribution in [0, 0.1) is 18.3 Å². The number of nitriles is 1. The molecular formula is C23H26N5O5S-. The lowest BCUT2D eigenvalue weighted by atomic mass is 9.99. The zero-order chi connectivity index (χ0) is 23.9. The molecule has 0 unspecified atom stereocenters. The summed E-state index contributed by atoms with van der Waals surface area (Å²) in [7, 11) is -4.49. The average Bonchev–Trinajstić information content (AvgIpc) is 3.54. The van der Waals surface area contributed by atoms with Crippen molar-refractivity contribution in [1.29, 1.82) is 5.26 Å². The lowest BCUT2D eigenvalue weighted by molar-refractivity contribution is -0.213. The third kappa shape index (κ3) is 4.01. The summed E-state index contributed by atoms with van der Waals surface area (Å²) >= 11 is 0. The largest absolute Gasteiger partial charge is 0.845 e. The van der Waals surface area contributed by atoms with Crippen LogP contribution in [-0.2, 0) is 40.6 Å². The SMILES string of the molecule is Cc1c(C#N)noc1N(C1CCOCC1)S(=O)(=O)/N=C(\[O-])Nc1c2c(cc3c1CCC3)CCC2. The molecule has 0 amide bonds. The highest BCUT2D eigenvalue weighted by molar-refractivity contribution is 7.91. The van der Waals surface area contributed by atoms with Crippen molar-refractivity contribution in [2.75, 3.05) is 22.8 Å². The van der Waals surface area contributed by atoms with E-state index >= 15 is 0 Å². The molecule has 2 heterocycles. The Morgan fingerprint density at radius 1 is 1.21 bits per heavy atom. The van der Waals surface area contributed by atoms with E-state index in [9.17, 15) is 18.8 Å². The number of nitrogens with zero attached hydrogens (tertiary/aromatic N) is 4. The molecule has 1 fully saturated rings. The molecule has 180 valence electrons. The first-order valence-corrected chi connectivity index (χ1v) is 13.0. The van der Waals surface area contributed by atoms with Crippen molar-refractivity contribution in [1.82, 2.24) is 5.16 Å². The molecule has 2 aliphatic carbocycles. The lowest BCUT2D eigenvalue weighted by Gasteiger charge is -2.32. The normalized spacial score (nSPS) is 18.4. The maximum atomic E-state index is 13.4. The first-order chi connectivity index (χ1) is 16.4. The fourth-order valence-corrected chi connectivity index (χ4v) is 6.57. The Labute approximate surface area is 198 Å². The molecule has 5 rings (SSSR count). The zero-order valence-corrected chi connectivity index (χ0v) is 19.8. The van der Waals surface area contributed by atoms with Crippen LogP contribution < -0.4 is 14.7 Å². The highest BCUT2D eigenvalue weighted by Crippen LogP contribution is 2.38. The van der Waals surface area contributed by atoms with E-state index in [2.05, 4.69) is 20.9 Å². The van der Waals surface area contributed by atoms with Gasteiger partial charge in [0.15, 0.2) is 5.69 Å². The molecule has 0 spiro atoms. The number of nitrogens with one attached hydrogen (secondary N) is 1. The predicted molar refractivity (Wildman–Crippen MR) is 123 cm³/mol. The van der Waals surface area contributed by atoms with E-state index in [0.29, 0.717) is 26.1 Å². The molecule has 1 saturated heterocycles. The second kappa shape index (κ2) is 8.92. The summed E-state index contributed by atoms with van der Waals surface area (Å²) in [4.78, 5) is 0. The van der Waals surface area contributed by atoms with Gasteiger partial charge in [-0.2, -0.15) is 13.7 Å². The summed E-state index contributed by atoms with van der Waals surface area (Å²) in [5.41, 5.74) is 5.63. The standard InChI is InChI=1S/C23H27N5O5S/c1-14-20(13-24)26-33-22(14)28(17-8-10-32-11-9-17)34(30,31)27-23(29)25-21-18-6-2-4-15(18)12-16-5-3-7-19(16)21/h12,17H,2-11H2,1H3,(H2,25,27,29)/p-1. The number of fused-ring (bicyclic) bond motifs is 2. The van der Waals surface area contributed by atoms with Crippen LogP contribution in [0.25, 0.3) is 0 Å². The molecule has 1 aromatic carbocycles. The second-order valence-corrected chi connectivity index (χ2v) is 10.4. The maximum absolute atomic E-state index is 13.4. The van der Waals surface area contributed by atoms with E-state index in [-0.39, 0.29) is 17.1 Å². The molecule has 3 aliphatic rings. The van der Waals surface area contributed by atoms with Crippen molar-refractivity contribution in [3.63, 3.8) is 0 Å². The van der Waals surface area contributed by atoms with Gasteiger partial charge in [0.1, 0.15) is 6.07 Å². The third-order valence-electron chi connectivity index (χ3n) is 6.88. The second-order valence-electron chi connectivity index (χ2n) is 8.95. The minimum atomic E-state index is -4.49. The van der Waals surface area contributed by atoms with Crippen LogP contribution in [0.3, 0.4) is 0 Å². The topological polar surface area (TPSA) is 144 Å². The van der Waals surface area contributed by atoms with E-state index < -0.39 is 22.3 Å². The van der Waals surface area contributed by atoms with Crippen LogP contribution in [0.15, 0.2) is 15.0 Å². The zero-order valence-electron chi connectivity index (χ0n) is 19.0. The van der Waals surface area contributed by atoms with Gasteiger partial charge in [-0.05, 0) is 80.5 Å². The minimum absolute atomic E-state index is 0.0119. The van der Waals surface area contributed by atoms with Gasteiger partial charge in [-0.1, -0.05) is 11.2 Å². The molecule has 10 nitrogen and oxygen atoms in total. The molecule has 1 aliphatic heterocycles. The summed E-state index contributed by atoms with van der Waals surface area (Å²) in [6, 6.07) is 2.65. The quantitative estimate of drug-likeness (QED) is 0.500. The minimum Gasteiger partial charge on any atom is -0.845 e. The number of aromatic nitrogens is 1. The van der Waals surface area contributed by atoms with Crippen molar-refractivity contribution in [3.05, 3.63) is 39.6 Å². The first kappa shape index (κ1) is 22.7. The summed E-state index contributed by atoms with van der Waals surface area (Å²) in [6.45, 7) is 2.29. The van der Waals surface area contributed by atoms with Gasteiger partial charge in [0.2, 0.25) is 5.88 Å². The highest BCUT2D eigenvalue weighted by Gasteiger charge is 2.36. The number of benzene rings is 1. The Balaban J connectivity index is 1.51. The fourth-order valence-electron chi connectivity index (χ4n) is 5.26. The lowest BCUT2D eigenvalue weighted by Crippen LogP contribution is -2.44. The van der Waals surface area contributed by atoms with Crippen molar-refractivity contribution in [2.24, 2.45) is 4.40 Å². The predicted octanol–water partition coefficient (Wildman–Crippen LogP) is 1.89. The number of rotatable bonds is 5. The average molecular weight is 485 g/mol. The molecule has 1 N–H and O–H groups in total. The van der Waals surface area contributed by atoms with Crippen molar-refractivity contribution < 1.29 is 22.8 Å². The van der Waals surface area contributed by atoms with E-state index in [0.717, 1.165) is 59.6 Å². The Morgan fingerprint density at radius 3 is 2.44 bits per heavy atom. The molecule has 2 aromatic rings. The van der Waals surface area contributed by atoms with Crippen LogP contribution in [0.4, 0.5) is 11.6 Å². The van der Waals surface area contributed by atoms with Crippen molar-refractivity contribution in [3.8, 4) is 6.07 Å². The van der Waals surface area contributed by atoms with Gasteiger partial charge in [-0.25, -0.2) is 4.31 Å². The Kier molecular flexibility index (Phi) is 5.95. The van der Waals surface area contributed by atoms with Crippen LogP contribution >= 0.6 is 0 Å². The van der Waals surface area contributed by atoms with Crippen LogP contribution in [0.1, 0.15) is 59.2 Å². The summed E-state index contributed by atoms with van der Waals surface area (Å²) in [5.74, 6) is -0.0958. The number of anilines is 2. The highest BCUT2D eigenvalue weighted by atomic mass is 32.2. The maximum Gasteiger partial charge on any atom is 0.348 e. The Hall–Kier alpha value is -3.10. The van der Waals surface area contributed by atoms with Crippen LogP contribution in [0.5, 0.6) is 0 Å². The summed E-state index contributed by atoms with van der Waals surface area (Å²) in [5, 5.41) is 28.7. The van der Waals surface area contributed by atoms with E-state index in [1.165, 1.54) is 11.1 Å². The molecule has 1 aromatic heterocycles. The van der Waals surface area contributed by atoms with Gasteiger partial charge in [0, 0.05) is 18.9 Å². The number of hydrogen-bond donors (Lipinski definition) is 1. The van der Waals surface area contributed by atoms with E-state index in [4.69, 9.17) is 9.26 Å². The summed E-state index contributed by atoms with van der Waals surface area (Å²) in [6.07, 6.45) is 6.46. The van der Waals surface area contributed by atoms with Gasteiger partial charge in [-0.15, -0.1) is 4.40 Å². The number of ether oxygens (including phenoxy) is 1. The molecule has 0 bridgehead atoms. The fraction of sp³-hybridized carbons (Fsp3) is 0.522. The van der Waals surface area contributed by atoms with Gasteiger partial charge in [-0.3, -0.25) is 0 Å².